The van der Waals surface area contributed by atoms with Gasteiger partial charge in [0.1, 0.15) is 4.90 Å². The van der Waals surface area contributed by atoms with Crippen LogP contribution in [-0.2, 0) is 26.9 Å². The Bertz CT molecular complexity index is 1440. The van der Waals surface area contributed by atoms with Gasteiger partial charge >= 0.3 is 5.97 Å². The molecule has 2 radical (unpaired) electrons. The molecule has 11 heteroatoms. The molecule has 0 bridgehead atoms. The van der Waals surface area contributed by atoms with Crippen LogP contribution in [0.4, 0.5) is 11.4 Å². The number of thioether (sulfide) groups is 2. The second-order valence-electron chi connectivity index (χ2n) is 10.5. The van der Waals surface area contributed by atoms with Crippen LogP contribution in [0, 0.1) is 0 Å². The number of nitrogens with zero attached hydrogens (tertiary/aromatic N) is 2. The molecule has 0 aliphatic carbocycles. The first-order valence-electron chi connectivity index (χ1n) is 13.8. The van der Waals surface area contributed by atoms with Gasteiger partial charge in [-0.2, -0.15) is 0 Å². The van der Waals surface area contributed by atoms with Crippen molar-refractivity contribution in [1.82, 2.24) is 4.22 Å². The molecule has 1 heterocycles. The molecule has 0 saturated carbocycles. The van der Waals surface area contributed by atoms with Gasteiger partial charge in [0.2, 0.25) is 16.9 Å². The highest BCUT2D eigenvalue weighted by Crippen LogP contribution is 2.45. The lowest BCUT2D eigenvalue weighted by Crippen LogP contribution is -2.61. The van der Waals surface area contributed by atoms with Crippen LogP contribution in [0.2, 0.25) is 6.82 Å². The largest absolute Gasteiger partial charge is 0.481 e. The number of carbonyl (C=O) groups is 1. The summed E-state index contributed by atoms with van der Waals surface area (Å²) < 4.78 is 31.3. The monoisotopic (exact) mass is 606 g/mol. The molecule has 0 aromatic heterocycles. The Kier molecular flexibility index (Phi) is 10.6. The van der Waals surface area contributed by atoms with Crippen LogP contribution in [-0.4, -0.2) is 62.4 Å². The quantitative estimate of drug-likeness (QED) is 0.191. The molecule has 1 N–H and O–H groups in total. The lowest BCUT2D eigenvalue weighted by Gasteiger charge is -2.44. The van der Waals surface area contributed by atoms with Crippen molar-refractivity contribution in [3.05, 3.63) is 83.9 Å². The molecule has 0 unspecified atom stereocenters. The normalized spacial score (nSPS) is 18.5. The third-order valence-corrected chi connectivity index (χ3v) is 11.3. The number of carboxylic acid groups (broad SMARTS) is 1. The van der Waals surface area contributed by atoms with E-state index in [-0.39, 0.29) is 10.6 Å². The van der Waals surface area contributed by atoms with Gasteiger partial charge < -0.3 is 10.0 Å². The summed E-state index contributed by atoms with van der Waals surface area (Å²) in [6.07, 6.45) is 4.66. The number of sulfonamides is 1. The number of hydrogen-bond acceptors (Lipinski definition) is 6. The summed E-state index contributed by atoms with van der Waals surface area (Å²) in [5.74, 6) is -0.570. The Morgan fingerprint density at radius 2 is 1.76 bits per heavy atom. The van der Waals surface area contributed by atoms with E-state index < -0.39 is 28.3 Å². The van der Waals surface area contributed by atoms with E-state index in [2.05, 4.69) is 6.92 Å². The molecule has 0 fully saturated rings. The number of unbranched alkanes of at least 4 members (excludes halogenated alkanes) is 1. The van der Waals surface area contributed by atoms with Crippen LogP contribution < -0.4 is 4.90 Å². The minimum atomic E-state index is -4.07. The molecule has 3 aromatic carbocycles. The van der Waals surface area contributed by atoms with Crippen molar-refractivity contribution in [3.8, 4) is 0 Å². The number of anilines is 2. The number of hydrogen-bond donors (Lipinski definition) is 1. The van der Waals surface area contributed by atoms with E-state index in [1.807, 2.05) is 84.7 Å². The average molecular weight is 606 g/mol. The predicted octanol–water partition coefficient (Wildman–Crippen LogP) is 6.33. The number of aliphatic carboxylic acids is 1. The van der Waals surface area contributed by atoms with Gasteiger partial charge in [-0.3, -0.25) is 4.79 Å². The van der Waals surface area contributed by atoms with Gasteiger partial charge in [-0.15, -0.1) is 23.5 Å². The van der Waals surface area contributed by atoms with Gasteiger partial charge in [0, 0.05) is 28.3 Å². The Morgan fingerprint density at radius 3 is 2.37 bits per heavy atom. The second-order valence-corrected chi connectivity index (χ2v) is 14.1. The van der Waals surface area contributed by atoms with Gasteiger partial charge in [-0.05, 0) is 48.8 Å². The Balaban J connectivity index is 1.93. The topological polar surface area (TPSA) is 77.9 Å². The first kappa shape index (κ1) is 31.6. The highest BCUT2D eigenvalue weighted by molar-refractivity contribution is 7.99. The lowest BCUT2D eigenvalue weighted by atomic mass is 9.55. The summed E-state index contributed by atoms with van der Waals surface area (Å²) in [5.41, 5.74) is 2.13. The molecule has 214 valence electrons. The third kappa shape index (κ3) is 7.19. The SMILES string of the molecule is [B][C@@]1(CCCC)CN(c2ccccc2)c2cc(SC)c(CSCC(=O)O)cc2S(=O)(=O)N1B(C)Cc1ccccc1. The van der Waals surface area contributed by atoms with E-state index >= 15 is 0 Å². The Labute approximate surface area is 254 Å². The van der Waals surface area contributed by atoms with Crippen LogP contribution in [0.25, 0.3) is 0 Å². The Morgan fingerprint density at radius 1 is 1.10 bits per heavy atom. The fourth-order valence-corrected chi connectivity index (χ4v) is 9.12. The van der Waals surface area contributed by atoms with Crippen molar-refractivity contribution in [2.45, 2.75) is 60.3 Å². The Hall–Kier alpha value is -2.33. The van der Waals surface area contributed by atoms with Crippen molar-refractivity contribution in [2.24, 2.45) is 0 Å². The number of benzene rings is 3. The number of para-hydroxylation sites is 1. The van der Waals surface area contributed by atoms with Crippen LogP contribution >= 0.6 is 23.5 Å². The summed E-state index contributed by atoms with van der Waals surface area (Å²) in [6, 6.07) is 23.4. The first-order chi connectivity index (χ1) is 19.6. The fraction of sp³-hybridized carbons (Fsp3) is 0.367. The van der Waals surface area contributed by atoms with Gasteiger partial charge in [0.15, 0.2) is 0 Å². The predicted molar refractivity (Wildman–Crippen MR) is 174 cm³/mol. The molecular formula is C30H36B2N2O4S3. The average Bonchev–Trinajstić information content (AvgIpc) is 3.02. The van der Waals surface area contributed by atoms with E-state index in [1.165, 1.54) is 23.5 Å². The molecule has 41 heavy (non-hydrogen) atoms. The van der Waals surface area contributed by atoms with Crippen molar-refractivity contribution >= 4 is 65.6 Å². The van der Waals surface area contributed by atoms with Crippen LogP contribution in [0.3, 0.4) is 0 Å². The molecule has 0 spiro atoms. The minimum Gasteiger partial charge on any atom is -0.481 e. The summed E-state index contributed by atoms with van der Waals surface area (Å²) >= 11 is 2.78. The first-order valence-corrected chi connectivity index (χ1v) is 17.6. The number of fused-ring (bicyclic) bond motifs is 1. The van der Waals surface area contributed by atoms with E-state index in [0.717, 1.165) is 34.6 Å². The molecule has 4 rings (SSSR count). The number of carboxylic acids is 1. The smallest absolute Gasteiger partial charge is 0.313 e. The standard InChI is InChI=1S/C30H36B2N2O4S3/c1-4-5-16-30(31)22-33(25-14-10-7-11-15-25)26-18-27(39-3)24(20-40-21-29(35)36)17-28(26)41(37,38)34(30)32(2)19-23-12-8-6-9-13-23/h6-15,17-18H,4-5,16,19-22H2,1-3H3,(H,35,36)/t30-/m1/s1. The maximum absolute atomic E-state index is 14.9. The zero-order valence-electron chi connectivity index (χ0n) is 23.8. The maximum Gasteiger partial charge on any atom is 0.313 e. The van der Waals surface area contributed by atoms with Gasteiger partial charge in [-0.25, -0.2) is 12.6 Å². The van der Waals surface area contributed by atoms with Crippen molar-refractivity contribution in [2.75, 3.05) is 23.5 Å². The van der Waals surface area contributed by atoms with Crippen LogP contribution in [0.1, 0.15) is 37.3 Å². The summed E-state index contributed by atoms with van der Waals surface area (Å²) in [6.45, 7) is 3.92. The molecule has 0 saturated heterocycles. The third-order valence-electron chi connectivity index (χ3n) is 7.35. The van der Waals surface area contributed by atoms with Crippen molar-refractivity contribution < 1.29 is 18.3 Å². The highest BCUT2D eigenvalue weighted by atomic mass is 32.2. The summed E-state index contributed by atoms with van der Waals surface area (Å²) in [4.78, 5) is 14.4. The summed E-state index contributed by atoms with van der Waals surface area (Å²) in [7, 11) is 3.20. The van der Waals surface area contributed by atoms with Crippen LogP contribution in [0.5, 0.6) is 0 Å². The van der Waals surface area contributed by atoms with E-state index in [1.54, 1.807) is 10.3 Å². The van der Waals surface area contributed by atoms with Crippen molar-refractivity contribution in [1.29, 1.82) is 0 Å². The van der Waals surface area contributed by atoms with Gasteiger partial charge in [0.25, 0.3) is 0 Å². The van der Waals surface area contributed by atoms with Gasteiger partial charge in [0.05, 0.1) is 19.3 Å². The molecule has 3 aromatic rings. The van der Waals surface area contributed by atoms with Gasteiger partial charge in [-0.1, -0.05) is 80.7 Å². The maximum atomic E-state index is 14.9. The highest BCUT2D eigenvalue weighted by Gasteiger charge is 2.48. The van der Waals surface area contributed by atoms with Crippen molar-refractivity contribution in [3.63, 3.8) is 0 Å². The molecule has 0 amide bonds. The lowest BCUT2D eigenvalue weighted by molar-refractivity contribution is -0.133. The fourth-order valence-electron chi connectivity index (χ4n) is 5.56. The van der Waals surface area contributed by atoms with Crippen LogP contribution in [0.15, 0.2) is 82.6 Å². The molecule has 1 aliphatic rings. The minimum absolute atomic E-state index is 0.0586. The molecule has 6 nitrogen and oxygen atoms in total. The number of rotatable bonds is 12. The second kappa shape index (κ2) is 13.8. The summed E-state index contributed by atoms with van der Waals surface area (Å²) in [5, 5.41) is 9.19. The zero-order chi connectivity index (χ0) is 29.6. The zero-order valence-corrected chi connectivity index (χ0v) is 26.3. The van der Waals surface area contributed by atoms with E-state index in [4.69, 9.17) is 7.85 Å². The van der Waals surface area contributed by atoms with E-state index in [0.29, 0.717) is 30.7 Å². The molecule has 1 atom stereocenters. The molecular weight excluding hydrogens is 570 g/mol. The molecule has 1 aliphatic heterocycles. The van der Waals surface area contributed by atoms with E-state index in [9.17, 15) is 18.3 Å².